The maximum atomic E-state index is 6.76. The number of rotatable bonds is 2. The van der Waals surface area contributed by atoms with E-state index in [0.29, 0.717) is 13.2 Å². The molecule has 4 aliphatic heterocycles. The van der Waals surface area contributed by atoms with Crippen LogP contribution in [0.1, 0.15) is 36.4 Å². The number of ether oxygens (including phenoxy) is 4. The van der Waals surface area contributed by atoms with Crippen LogP contribution in [0, 0.1) is 0 Å². The van der Waals surface area contributed by atoms with Crippen LogP contribution in [-0.2, 0) is 0 Å². The molecule has 4 aliphatic rings. The first-order valence-corrected chi connectivity index (χ1v) is 11.1. The molecule has 7 heteroatoms. The van der Waals surface area contributed by atoms with Gasteiger partial charge in [-0.2, -0.15) is 5.10 Å². The Morgan fingerprint density at radius 2 is 1.90 bits per heavy atom. The second-order valence-electron chi connectivity index (χ2n) is 8.85. The number of quaternary nitrogens is 1. The SMILES string of the molecule is COc1cccc2c1OC1(CC[NH+](C)CC1)N1N=C(c3ccc4c(c3)OCCO4)C[C@H]21. The third-order valence-electron chi connectivity index (χ3n) is 6.97. The van der Waals surface area contributed by atoms with Gasteiger partial charge in [0, 0.05) is 17.5 Å². The van der Waals surface area contributed by atoms with Crippen molar-refractivity contribution >= 4 is 5.71 Å². The Labute approximate surface area is 182 Å². The summed E-state index contributed by atoms with van der Waals surface area (Å²) in [7, 11) is 3.96. The average molecular weight is 423 g/mol. The molecule has 1 saturated heterocycles. The monoisotopic (exact) mass is 422 g/mol. The number of hydrazone groups is 1. The van der Waals surface area contributed by atoms with E-state index in [2.05, 4.69) is 30.3 Å². The van der Waals surface area contributed by atoms with E-state index in [0.717, 1.165) is 72.2 Å². The molecule has 0 aromatic heterocycles. The topological polar surface area (TPSA) is 57.0 Å². The van der Waals surface area contributed by atoms with Crippen molar-refractivity contribution in [2.45, 2.75) is 31.0 Å². The first-order valence-electron chi connectivity index (χ1n) is 11.1. The summed E-state index contributed by atoms with van der Waals surface area (Å²) < 4.78 is 23.9. The number of nitrogens with one attached hydrogen (secondary N) is 1. The molecular weight excluding hydrogens is 394 g/mol. The molecule has 0 aliphatic carbocycles. The van der Waals surface area contributed by atoms with Crippen LogP contribution >= 0.6 is 0 Å². The van der Waals surface area contributed by atoms with Crippen molar-refractivity contribution in [2.75, 3.05) is 40.5 Å². The Hall–Kier alpha value is -2.93. The summed E-state index contributed by atoms with van der Waals surface area (Å²) in [6, 6.07) is 12.4. The van der Waals surface area contributed by atoms with E-state index in [4.69, 9.17) is 24.0 Å². The summed E-state index contributed by atoms with van der Waals surface area (Å²) in [4.78, 5) is 1.53. The van der Waals surface area contributed by atoms with Crippen molar-refractivity contribution < 1.29 is 23.8 Å². The predicted octanol–water partition coefficient (Wildman–Crippen LogP) is 2.01. The van der Waals surface area contributed by atoms with Gasteiger partial charge < -0.3 is 23.8 Å². The molecule has 4 heterocycles. The maximum Gasteiger partial charge on any atom is 0.209 e. The van der Waals surface area contributed by atoms with E-state index < -0.39 is 5.72 Å². The summed E-state index contributed by atoms with van der Waals surface area (Å²) in [5.41, 5.74) is 2.86. The third-order valence-corrected chi connectivity index (χ3v) is 6.97. The minimum absolute atomic E-state index is 0.139. The fraction of sp³-hybridized carbons (Fsp3) is 0.458. The van der Waals surface area contributed by atoms with E-state index in [-0.39, 0.29) is 6.04 Å². The predicted molar refractivity (Wildman–Crippen MR) is 115 cm³/mol. The van der Waals surface area contributed by atoms with E-state index in [1.807, 2.05) is 18.2 Å². The normalized spacial score (nSPS) is 28.5. The number of benzene rings is 2. The lowest BCUT2D eigenvalue weighted by Crippen LogP contribution is -3.11. The molecule has 1 N–H and O–H groups in total. The Bertz CT molecular complexity index is 1050. The number of hydrogen-bond donors (Lipinski definition) is 1. The van der Waals surface area contributed by atoms with E-state index in [1.165, 1.54) is 4.90 Å². The van der Waals surface area contributed by atoms with Gasteiger partial charge in [-0.25, -0.2) is 5.01 Å². The minimum Gasteiger partial charge on any atom is -0.493 e. The first-order chi connectivity index (χ1) is 15.2. The molecule has 7 nitrogen and oxygen atoms in total. The molecule has 0 amide bonds. The smallest absolute Gasteiger partial charge is 0.209 e. The molecule has 1 fully saturated rings. The number of para-hydroxylation sites is 1. The van der Waals surface area contributed by atoms with Crippen molar-refractivity contribution in [1.82, 2.24) is 5.01 Å². The van der Waals surface area contributed by atoms with Crippen molar-refractivity contribution in [3.8, 4) is 23.0 Å². The molecule has 2 aromatic carbocycles. The van der Waals surface area contributed by atoms with Gasteiger partial charge in [-0.15, -0.1) is 0 Å². The molecule has 162 valence electrons. The van der Waals surface area contributed by atoms with Crippen molar-refractivity contribution in [3.63, 3.8) is 0 Å². The van der Waals surface area contributed by atoms with Gasteiger partial charge in [-0.1, -0.05) is 12.1 Å². The zero-order valence-corrected chi connectivity index (χ0v) is 18.0. The fourth-order valence-corrected chi connectivity index (χ4v) is 5.23. The minimum atomic E-state index is -0.429. The molecule has 0 unspecified atom stereocenters. The van der Waals surface area contributed by atoms with E-state index in [9.17, 15) is 0 Å². The number of nitrogens with zero attached hydrogens (tertiary/aromatic N) is 2. The Balaban J connectivity index is 1.42. The number of methoxy groups -OCH3 is 1. The van der Waals surface area contributed by atoms with Crippen LogP contribution in [0.2, 0.25) is 0 Å². The second-order valence-corrected chi connectivity index (χ2v) is 8.85. The van der Waals surface area contributed by atoms with E-state index >= 15 is 0 Å². The van der Waals surface area contributed by atoms with Gasteiger partial charge in [0.2, 0.25) is 5.72 Å². The Kier molecular flexibility index (Phi) is 4.28. The molecule has 1 atom stereocenters. The van der Waals surface area contributed by atoms with Crippen LogP contribution in [0.4, 0.5) is 0 Å². The highest BCUT2D eigenvalue weighted by molar-refractivity contribution is 6.02. The average Bonchev–Trinajstić information content (AvgIpc) is 3.27. The molecule has 0 radical (unpaired) electrons. The molecule has 31 heavy (non-hydrogen) atoms. The van der Waals surface area contributed by atoms with Crippen LogP contribution in [0.25, 0.3) is 0 Å². The number of fused-ring (bicyclic) bond motifs is 5. The zero-order valence-electron chi connectivity index (χ0n) is 18.0. The molecule has 1 spiro atoms. The van der Waals surface area contributed by atoms with Gasteiger partial charge in [-0.05, 0) is 24.3 Å². The standard InChI is InChI=1S/C24H27N3O4/c1-26-10-8-24(9-11-26)27-19(17-4-3-5-21(28-2)23(17)31-24)15-18(25-27)16-6-7-20-22(14-16)30-13-12-29-20/h3-7,14,19H,8-13,15H2,1-2H3/p+1/t19-/m1/s1. The third kappa shape index (κ3) is 2.94. The lowest BCUT2D eigenvalue weighted by atomic mass is 9.90. The lowest BCUT2D eigenvalue weighted by molar-refractivity contribution is -0.888. The Morgan fingerprint density at radius 1 is 1.10 bits per heavy atom. The lowest BCUT2D eigenvalue weighted by Gasteiger charge is -2.49. The molecule has 6 rings (SSSR count). The molecule has 2 aromatic rings. The van der Waals surface area contributed by atoms with Crippen molar-refractivity contribution in [3.05, 3.63) is 47.5 Å². The quantitative estimate of drug-likeness (QED) is 0.803. The van der Waals surface area contributed by atoms with E-state index in [1.54, 1.807) is 7.11 Å². The highest BCUT2D eigenvalue weighted by Gasteiger charge is 2.53. The first kappa shape index (κ1) is 18.8. The van der Waals surface area contributed by atoms with Gasteiger partial charge in [0.15, 0.2) is 23.0 Å². The van der Waals surface area contributed by atoms with Crippen molar-refractivity contribution in [2.24, 2.45) is 5.10 Å². The largest absolute Gasteiger partial charge is 0.493 e. The van der Waals surface area contributed by atoms with Gasteiger partial charge >= 0.3 is 0 Å². The summed E-state index contributed by atoms with van der Waals surface area (Å²) >= 11 is 0. The summed E-state index contributed by atoms with van der Waals surface area (Å²) in [6.45, 7) is 3.29. The van der Waals surface area contributed by atoms with Crippen LogP contribution in [-0.4, -0.2) is 56.9 Å². The Morgan fingerprint density at radius 3 is 2.71 bits per heavy atom. The van der Waals surface area contributed by atoms with Gasteiger partial charge in [-0.3, -0.25) is 0 Å². The van der Waals surface area contributed by atoms with Gasteiger partial charge in [0.1, 0.15) is 13.2 Å². The van der Waals surface area contributed by atoms with Crippen LogP contribution in [0.5, 0.6) is 23.0 Å². The number of piperidine rings is 1. The molecule has 0 saturated carbocycles. The highest BCUT2D eigenvalue weighted by Crippen LogP contribution is 2.52. The molecular formula is C24H28N3O4+. The second kappa shape index (κ2) is 7.05. The molecule has 0 bridgehead atoms. The van der Waals surface area contributed by atoms with Gasteiger partial charge in [0.25, 0.3) is 0 Å². The zero-order chi connectivity index (χ0) is 21.0. The maximum absolute atomic E-state index is 6.76. The van der Waals surface area contributed by atoms with Crippen LogP contribution in [0.3, 0.4) is 0 Å². The van der Waals surface area contributed by atoms with Crippen molar-refractivity contribution in [1.29, 1.82) is 0 Å². The van der Waals surface area contributed by atoms with Crippen LogP contribution < -0.4 is 23.8 Å². The highest BCUT2D eigenvalue weighted by atomic mass is 16.6. The van der Waals surface area contributed by atoms with Crippen LogP contribution in [0.15, 0.2) is 41.5 Å². The fourth-order valence-electron chi connectivity index (χ4n) is 5.23. The summed E-state index contributed by atoms with van der Waals surface area (Å²) in [6.07, 6.45) is 2.70. The van der Waals surface area contributed by atoms with Gasteiger partial charge in [0.05, 0.1) is 51.8 Å². The summed E-state index contributed by atoms with van der Waals surface area (Å²) in [5, 5.41) is 7.41. The number of hydrogen-bond acceptors (Lipinski definition) is 6. The number of likely N-dealkylation sites (tertiary alicyclic amines) is 1. The summed E-state index contributed by atoms with van der Waals surface area (Å²) in [5.74, 6) is 3.28.